The second-order valence-corrected chi connectivity index (χ2v) is 4.41. The van der Waals surface area contributed by atoms with Gasteiger partial charge in [0.05, 0.1) is 12.0 Å². The Morgan fingerprint density at radius 3 is 2.83 bits per heavy atom. The molecule has 0 unspecified atom stereocenters. The van der Waals surface area contributed by atoms with Crippen LogP contribution in [0.15, 0.2) is 36.8 Å². The first-order chi connectivity index (χ1) is 8.86. The van der Waals surface area contributed by atoms with Crippen molar-refractivity contribution in [3.05, 3.63) is 48.0 Å². The monoisotopic (exact) mass is 243 g/mol. The van der Waals surface area contributed by atoms with Crippen molar-refractivity contribution < 1.29 is 0 Å². The van der Waals surface area contributed by atoms with E-state index in [0.29, 0.717) is 0 Å². The van der Waals surface area contributed by atoms with E-state index in [1.807, 2.05) is 12.5 Å². The van der Waals surface area contributed by atoms with Crippen LogP contribution in [0.5, 0.6) is 0 Å². The summed E-state index contributed by atoms with van der Waals surface area (Å²) in [6, 6.07) is 8.51. The van der Waals surface area contributed by atoms with Crippen LogP contribution in [0.4, 0.5) is 0 Å². The molecule has 0 saturated carbocycles. The molecule has 0 aliphatic rings. The summed E-state index contributed by atoms with van der Waals surface area (Å²) in [7, 11) is 0. The van der Waals surface area contributed by atoms with Crippen molar-refractivity contribution in [3.63, 3.8) is 0 Å². The first-order valence-corrected chi connectivity index (χ1v) is 6.67. The molecular weight excluding hydrogens is 222 g/mol. The van der Waals surface area contributed by atoms with Gasteiger partial charge in [-0.2, -0.15) is 0 Å². The standard InChI is InChI=1S/C15H21N3/c1-3-7-14-11-17-12-18(14)15-9-6-5-8-13(15)10-16-4-2/h5-6,8-9,11-12,16H,3-4,7,10H2,1-2H3. The van der Waals surface area contributed by atoms with E-state index in [9.17, 15) is 0 Å². The topological polar surface area (TPSA) is 29.9 Å². The molecule has 1 aromatic carbocycles. The van der Waals surface area contributed by atoms with E-state index in [0.717, 1.165) is 25.9 Å². The van der Waals surface area contributed by atoms with E-state index in [4.69, 9.17) is 0 Å². The Bertz CT molecular complexity index is 488. The fourth-order valence-corrected chi connectivity index (χ4v) is 2.14. The molecule has 2 rings (SSSR count). The van der Waals surface area contributed by atoms with Gasteiger partial charge in [0.15, 0.2) is 0 Å². The van der Waals surface area contributed by atoms with Crippen LogP contribution in [0.1, 0.15) is 31.5 Å². The third-order valence-electron chi connectivity index (χ3n) is 3.04. The maximum Gasteiger partial charge on any atom is 0.0994 e. The van der Waals surface area contributed by atoms with Crippen molar-refractivity contribution in [2.75, 3.05) is 6.54 Å². The van der Waals surface area contributed by atoms with E-state index in [1.54, 1.807) is 0 Å². The largest absolute Gasteiger partial charge is 0.313 e. The minimum Gasteiger partial charge on any atom is -0.313 e. The molecule has 0 aliphatic carbocycles. The molecular formula is C15H21N3. The third-order valence-corrected chi connectivity index (χ3v) is 3.04. The molecule has 3 nitrogen and oxygen atoms in total. The van der Waals surface area contributed by atoms with Crippen LogP contribution >= 0.6 is 0 Å². The van der Waals surface area contributed by atoms with Gasteiger partial charge in [-0.25, -0.2) is 4.98 Å². The van der Waals surface area contributed by atoms with E-state index in [2.05, 4.69) is 53.0 Å². The number of aromatic nitrogens is 2. The Balaban J connectivity index is 2.33. The number of imidazole rings is 1. The summed E-state index contributed by atoms with van der Waals surface area (Å²) in [6.07, 6.45) is 6.08. The summed E-state index contributed by atoms with van der Waals surface area (Å²) >= 11 is 0. The minimum absolute atomic E-state index is 0.899. The third kappa shape index (κ3) is 2.79. The zero-order valence-electron chi connectivity index (χ0n) is 11.2. The highest BCUT2D eigenvalue weighted by atomic mass is 15.1. The van der Waals surface area contributed by atoms with Gasteiger partial charge < -0.3 is 9.88 Å². The molecule has 1 aromatic heterocycles. The molecule has 0 fully saturated rings. The van der Waals surface area contributed by atoms with Gasteiger partial charge in [0.1, 0.15) is 0 Å². The number of benzene rings is 1. The smallest absolute Gasteiger partial charge is 0.0994 e. The zero-order chi connectivity index (χ0) is 12.8. The molecule has 1 N–H and O–H groups in total. The van der Waals surface area contributed by atoms with Gasteiger partial charge in [0.25, 0.3) is 0 Å². The normalized spacial score (nSPS) is 10.8. The van der Waals surface area contributed by atoms with Crippen LogP contribution in [0.3, 0.4) is 0 Å². The Morgan fingerprint density at radius 2 is 2.06 bits per heavy atom. The van der Waals surface area contributed by atoms with Gasteiger partial charge in [-0.3, -0.25) is 0 Å². The highest BCUT2D eigenvalue weighted by Crippen LogP contribution is 2.17. The Hall–Kier alpha value is -1.61. The van der Waals surface area contributed by atoms with Crippen molar-refractivity contribution in [2.24, 2.45) is 0 Å². The summed E-state index contributed by atoms with van der Waals surface area (Å²) < 4.78 is 2.20. The zero-order valence-corrected chi connectivity index (χ0v) is 11.2. The van der Waals surface area contributed by atoms with Crippen molar-refractivity contribution in [3.8, 4) is 5.69 Å². The maximum atomic E-state index is 4.28. The number of aryl methyl sites for hydroxylation is 1. The summed E-state index contributed by atoms with van der Waals surface area (Å²) in [5.41, 5.74) is 3.83. The van der Waals surface area contributed by atoms with Crippen LogP contribution in [-0.2, 0) is 13.0 Å². The SMILES string of the molecule is CCCc1cncn1-c1ccccc1CNCC. The lowest BCUT2D eigenvalue weighted by Crippen LogP contribution is -2.14. The number of nitrogens with one attached hydrogen (secondary N) is 1. The number of hydrogen-bond donors (Lipinski definition) is 1. The molecule has 3 heteroatoms. The van der Waals surface area contributed by atoms with Gasteiger partial charge in [-0.15, -0.1) is 0 Å². The van der Waals surface area contributed by atoms with Gasteiger partial charge in [0.2, 0.25) is 0 Å². The average Bonchev–Trinajstić information content (AvgIpc) is 2.85. The van der Waals surface area contributed by atoms with Crippen LogP contribution < -0.4 is 5.32 Å². The minimum atomic E-state index is 0.899. The summed E-state index contributed by atoms with van der Waals surface area (Å²) in [6.45, 7) is 6.21. The van der Waals surface area contributed by atoms with Crippen LogP contribution in [0.25, 0.3) is 5.69 Å². The van der Waals surface area contributed by atoms with Crippen molar-refractivity contribution in [1.29, 1.82) is 0 Å². The lowest BCUT2D eigenvalue weighted by atomic mass is 10.1. The lowest BCUT2D eigenvalue weighted by molar-refractivity contribution is 0.719. The molecule has 96 valence electrons. The quantitative estimate of drug-likeness (QED) is 0.845. The molecule has 0 spiro atoms. The van der Waals surface area contributed by atoms with Crippen molar-refractivity contribution in [2.45, 2.75) is 33.2 Å². The van der Waals surface area contributed by atoms with E-state index >= 15 is 0 Å². The van der Waals surface area contributed by atoms with E-state index in [-0.39, 0.29) is 0 Å². The maximum absolute atomic E-state index is 4.28. The Morgan fingerprint density at radius 1 is 1.22 bits per heavy atom. The van der Waals surface area contributed by atoms with Crippen LogP contribution in [0.2, 0.25) is 0 Å². The molecule has 0 aliphatic heterocycles. The highest BCUT2D eigenvalue weighted by Gasteiger charge is 2.07. The van der Waals surface area contributed by atoms with Gasteiger partial charge in [0, 0.05) is 18.4 Å². The first kappa shape index (κ1) is 12.8. The fraction of sp³-hybridized carbons (Fsp3) is 0.400. The molecule has 2 aromatic rings. The van der Waals surface area contributed by atoms with Crippen LogP contribution in [0, 0.1) is 0 Å². The molecule has 0 saturated heterocycles. The first-order valence-electron chi connectivity index (χ1n) is 6.67. The van der Waals surface area contributed by atoms with Gasteiger partial charge >= 0.3 is 0 Å². The Kier molecular flexibility index (Phi) is 4.53. The second-order valence-electron chi connectivity index (χ2n) is 4.41. The average molecular weight is 243 g/mol. The van der Waals surface area contributed by atoms with Crippen molar-refractivity contribution >= 4 is 0 Å². The lowest BCUT2D eigenvalue weighted by Gasteiger charge is -2.13. The van der Waals surface area contributed by atoms with Gasteiger partial charge in [-0.05, 0) is 24.6 Å². The molecule has 0 atom stereocenters. The molecule has 0 amide bonds. The fourth-order valence-electron chi connectivity index (χ4n) is 2.14. The number of rotatable bonds is 6. The summed E-state index contributed by atoms with van der Waals surface area (Å²) in [4.78, 5) is 4.28. The molecule has 18 heavy (non-hydrogen) atoms. The van der Waals surface area contributed by atoms with Crippen LogP contribution in [-0.4, -0.2) is 16.1 Å². The predicted molar refractivity (Wildman–Crippen MR) is 74.9 cm³/mol. The number of nitrogens with zero attached hydrogens (tertiary/aromatic N) is 2. The number of hydrogen-bond acceptors (Lipinski definition) is 2. The van der Waals surface area contributed by atoms with Gasteiger partial charge in [-0.1, -0.05) is 38.5 Å². The highest BCUT2D eigenvalue weighted by molar-refractivity contribution is 5.42. The number of para-hydroxylation sites is 1. The van der Waals surface area contributed by atoms with Crippen molar-refractivity contribution in [1.82, 2.24) is 14.9 Å². The Labute approximate surface area is 109 Å². The predicted octanol–water partition coefficient (Wildman–Crippen LogP) is 2.93. The molecule has 0 radical (unpaired) electrons. The summed E-state index contributed by atoms with van der Waals surface area (Å²) in [5.74, 6) is 0. The van der Waals surface area contributed by atoms with E-state index in [1.165, 1.54) is 16.9 Å². The van der Waals surface area contributed by atoms with E-state index < -0.39 is 0 Å². The second kappa shape index (κ2) is 6.36. The summed E-state index contributed by atoms with van der Waals surface area (Å²) in [5, 5.41) is 3.38. The molecule has 0 bridgehead atoms. The molecule has 1 heterocycles.